The van der Waals surface area contributed by atoms with Gasteiger partial charge < -0.3 is 4.74 Å². The molecule has 0 radical (unpaired) electrons. The predicted octanol–water partition coefficient (Wildman–Crippen LogP) is 14.2. The molecule has 0 spiro atoms. The van der Waals surface area contributed by atoms with Crippen LogP contribution < -0.4 is 0 Å². The third-order valence-electron chi connectivity index (χ3n) is 14.5. The molecule has 0 aromatic heterocycles. The Morgan fingerprint density at radius 1 is 0.745 bits per heavy atom. The summed E-state index contributed by atoms with van der Waals surface area (Å²) >= 11 is 0. The zero-order chi connectivity index (χ0) is 33.7. The van der Waals surface area contributed by atoms with Crippen molar-refractivity contribution >= 4 is 5.97 Å². The van der Waals surface area contributed by atoms with E-state index in [1.165, 1.54) is 148 Å². The Labute approximate surface area is 293 Å². The predicted molar refractivity (Wildman–Crippen MR) is 202 cm³/mol. The molecule has 8 atom stereocenters. The molecular weight excluding hydrogens is 572 g/mol. The summed E-state index contributed by atoms with van der Waals surface area (Å²) in [5.74, 6) is 5.34. The van der Waals surface area contributed by atoms with Crippen LogP contribution >= 0.6 is 0 Å². The highest BCUT2D eigenvalue weighted by atomic mass is 16.5. The van der Waals surface area contributed by atoms with Crippen LogP contribution in [0.2, 0.25) is 0 Å². The largest absolute Gasteiger partial charge is 0.462 e. The van der Waals surface area contributed by atoms with Gasteiger partial charge in [0.1, 0.15) is 6.10 Å². The first-order valence-electron chi connectivity index (χ1n) is 21.6. The van der Waals surface area contributed by atoms with E-state index in [0.717, 1.165) is 54.8 Å². The minimum absolute atomic E-state index is 0.0653. The van der Waals surface area contributed by atoms with Gasteiger partial charge in [-0.05, 0) is 97.7 Å². The van der Waals surface area contributed by atoms with Crippen LogP contribution in [0.25, 0.3) is 0 Å². The molecular formula is C45H80O2. The molecule has 0 heterocycles. The molecule has 0 saturated heterocycles. The van der Waals surface area contributed by atoms with Crippen LogP contribution in [-0.4, -0.2) is 12.1 Å². The average Bonchev–Trinajstić information content (AvgIpc) is 3.40. The van der Waals surface area contributed by atoms with Crippen molar-refractivity contribution in [3.63, 3.8) is 0 Å². The van der Waals surface area contributed by atoms with Gasteiger partial charge in [-0.15, -0.1) is 0 Å². The molecule has 0 bridgehead atoms. The van der Waals surface area contributed by atoms with E-state index < -0.39 is 0 Å². The highest BCUT2D eigenvalue weighted by Crippen LogP contribution is 2.67. The third kappa shape index (κ3) is 10.8. The average molecular weight is 653 g/mol. The maximum absolute atomic E-state index is 12.8. The molecule has 1 unspecified atom stereocenters. The van der Waals surface area contributed by atoms with E-state index in [1.54, 1.807) is 5.57 Å². The monoisotopic (exact) mass is 653 g/mol. The molecule has 0 amide bonds. The highest BCUT2D eigenvalue weighted by Gasteiger charge is 2.59. The second-order valence-corrected chi connectivity index (χ2v) is 18.3. The van der Waals surface area contributed by atoms with Gasteiger partial charge >= 0.3 is 5.97 Å². The van der Waals surface area contributed by atoms with Crippen LogP contribution in [0.1, 0.15) is 215 Å². The summed E-state index contributed by atoms with van der Waals surface area (Å²) in [6.45, 7) is 15.0. The van der Waals surface area contributed by atoms with E-state index in [0.29, 0.717) is 17.3 Å². The van der Waals surface area contributed by atoms with Crippen molar-refractivity contribution in [2.24, 2.45) is 46.3 Å². The first-order chi connectivity index (χ1) is 22.7. The molecule has 4 aliphatic carbocycles. The van der Waals surface area contributed by atoms with Crippen LogP contribution in [0.15, 0.2) is 11.6 Å². The summed E-state index contributed by atoms with van der Waals surface area (Å²) in [5.41, 5.74) is 2.54. The Kier molecular flexibility index (Phi) is 16.2. The van der Waals surface area contributed by atoms with Gasteiger partial charge in [0, 0.05) is 12.8 Å². The number of ether oxygens (including phenoxy) is 1. The number of allylic oxidation sites excluding steroid dienone is 1. The van der Waals surface area contributed by atoms with E-state index in [1.807, 2.05) is 0 Å². The summed E-state index contributed by atoms with van der Waals surface area (Å²) in [6.07, 6.45) is 38.4. The van der Waals surface area contributed by atoms with Gasteiger partial charge in [-0.1, -0.05) is 162 Å². The van der Waals surface area contributed by atoms with Crippen molar-refractivity contribution in [3.8, 4) is 0 Å². The molecule has 2 nitrogen and oxygen atoms in total. The van der Waals surface area contributed by atoms with Crippen LogP contribution in [0.5, 0.6) is 0 Å². The molecule has 0 aromatic rings. The molecule has 3 fully saturated rings. The lowest BCUT2D eigenvalue weighted by Crippen LogP contribution is -2.51. The third-order valence-corrected chi connectivity index (χ3v) is 14.5. The fraction of sp³-hybridized carbons (Fsp3) is 0.933. The SMILES string of the molecule is CCCCCCCCCCCCCCCCCC(=O)O[C@H]1CC[C@@]2(C)C(=CC[C@H]3[C@@H]4CC[C@H](C(C)CCCC(C)C)[C@@]4(C)CC[C@@H]32)C1. The second-order valence-electron chi connectivity index (χ2n) is 18.3. The lowest BCUT2D eigenvalue weighted by atomic mass is 9.47. The van der Waals surface area contributed by atoms with Crippen LogP contribution in [0.3, 0.4) is 0 Å². The Balaban J connectivity index is 1.10. The van der Waals surface area contributed by atoms with Crippen molar-refractivity contribution in [1.29, 1.82) is 0 Å². The number of carbonyl (C=O) groups excluding carboxylic acids is 1. The number of unbranched alkanes of at least 4 members (excludes halogenated alkanes) is 14. The number of rotatable bonds is 22. The summed E-state index contributed by atoms with van der Waals surface area (Å²) in [5, 5.41) is 0. The molecule has 4 rings (SSSR count). The van der Waals surface area contributed by atoms with Crippen molar-refractivity contribution in [2.75, 3.05) is 0 Å². The summed E-state index contributed by atoms with van der Waals surface area (Å²) in [6, 6.07) is 0. The van der Waals surface area contributed by atoms with E-state index >= 15 is 0 Å². The summed E-state index contributed by atoms with van der Waals surface area (Å²) < 4.78 is 6.13. The smallest absolute Gasteiger partial charge is 0.306 e. The van der Waals surface area contributed by atoms with E-state index in [9.17, 15) is 4.79 Å². The van der Waals surface area contributed by atoms with Crippen molar-refractivity contribution in [1.82, 2.24) is 0 Å². The maximum Gasteiger partial charge on any atom is 0.306 e. The molecule has 0 aliphatic heterocycles. The van der Waals surface area contributed by atoms with Crippen LogP contribution in [0, 0.1) is 46.3 Å². The zero-order valence-electron chi connectivity index (χ0n) is 32.5. The zero-order valence-corrected chi connectivity index (χ0v) is 32.5. The van der Waals surface area contributed by atoms with Gasteiger partial charge in [-0.25, -0.2) is 0 Å². The van der Waals surface area contributed by atoms with E-state index in [-0.39, 0.29) is 12.1 Å². The van der Waals surface area contributed by atoms with E-state index in [4.69, 9.17) is 4.74 Å². The molecule has 47 heavy (non-hydrogen) atoms. The minimum Gasteiger partial charge on any atom is -0.462 e. The molecule has 2 heteroatoms. The van der Waals surface area contributed by atoms with Crippen LogP contribution in [-0.2, 0) is 9.53 Å². The maximum atomic E-state index is 12.8. The van der Waals surface area contributed by atoms with Crippen LogP contribution in [0.4, 0.5) is 0 Å². The van der Waals surface area contributed by atoms with Gasteiger partial charge in [-0.2, -0.15) is 0 Å². The van der Waals surface area contributed by atoms with Gasteiger partial charge in [0.25, 0.3) is 0 Å². The normalized spacial score (nSPS) is 32.4. The van der Waals surface area contributed by atoms with Gasteiger partial charge in [0.05, 0.1) is 0 Å². The quantitative estimate of drug-likeness (QED) is 0.0661. The Morgan fingerprint density at radius 3 is 1.98 bits per heavy atom. The fourth-order valence-corrected chi connectivity index (χ4v) is 11.6. The molecule has 272 valence electrons. The summed E-state index contributed by atoms with van der Waals surface area (Å²) in [7, 11) is 0. The molecule has 3 saturated carbocycles. The lowest BCUT2D eigenvalue weighted by Gasteiger charge is -2.58. The molecule has 0 aromatic carbocycles. The van der Waals surface area contributed by atoms with Gasteiger partial charge in [0.15, 0.2) is 0 Å². The number of esters is 1. The van der Waals surface area contributed by atoms with Gasteiger partial charge in [-0.3, -0.25) is 4.79 Å². The topological polar surface area (TPSA) is 26.3 Å². The van der Waals surface area contributed by atoms with Crippen molar-refractivity contribution < 1.29 is 9.53 Å². The molecule has 4 aliphatic rings. The first kappa shape index (κ1) is 39.0. The van der Waals surface area contributed by atoms with E-state index in [2.05, 4.69) is 47.6 Å². The standard InChI is InChI=1S/C45H80O2/c1-7-8-9-10-11-12-13-14-15-16-17-18-19-20-21-25-43(46)47-38-30-32-44(5)37(34-38)26-27-39-41-29-28-40(36(4)24-22-23-35(2)3)45(41,6)33-31-42(39)44/h26,35-36,38-42H,7-25,27-34H2,1-6H3/t36?,38-,39-,40+,41-,42-,44-,45+/m0/s1. The van der Waals surface area contributed by atoms with Crippen molar-refractivity contribution in [2.45, 2.75) is 221 Å². The minimum atomic E-state index is 0.0653. The fourth-order valence-electron chi connectivity index (χ4n) is 11.6. The Bertz CT molecular complexity index is 934. The Hall–Kier alpha value is -0.790. The van der Waals surface area contributed by atoms with Crippen molar-refractivity contribution in [3.05, 3.63) is 11.6 Å². The number of carbonyl (C=O) groups is 1. The highest BCUT2D eigenvalue weighted by molar-refractivity contribution is 5.69. The number of fused-ring (bicyclic) bond motifs is 5. The first-order valence-corrected chi connectivity index (χ1v) is 21.6. The lowest BCUT2D eigenvalue weighted by molar-refractivity contribution is -0.151. The number of hydrogen-bond donors (Lipinski definition) is 0. The number of hydrogen-bond acceptors (Lipinski definition) is 2. The summed E-state index contributed by atoms with van der Waals surface area (Å²) in [4.78, 5) is 12.8. The van der Waals surface area contributed by atoms with Gasteiger partial charge in [0.2, 0.25) is 0 Å². The second kappa shape index (κ2) is 19.6. The Morgan fingerprint density at radius 2 is 1.36 bits per heavy atom. The molecule has 0 N–H and O–H groups in total.